The molecule has 0 saturated heterocycles. The van der Waals surface area contributed by atoms with Gasteiger partial charge in [-0.05, 0) is 43.0 Å². The second kappa shape index (κ2) is 6.51. The number of carbonyl (C=O) groups excluding carboxylic acids is 1. The third kappa shape index (κ3) is 2.43. The molecule has 30 heavy (non-hydrogen) atoms. The molecule has 2 aliphatic rings. The zero-order valence-corrected chi connectivity index (χ0v) is 17.4. The highest BCUT2D eigenvalue weighted by Crippen LogP contribution is 2.39. The van der Waals surface area contributed by atoms with Crippen molar-refractivity contribution in [2.45, 2.75) is 58.8 Å². The first-order chi connectivity index (χ1) is 14.4. The highest BCUT2D eigenvalue weighted by Gasteiger charge is 2.45. The Hall–Kier alpha value is -2.99. The molecule has 6 nitrogen and oxygen atoms in total. The molecule has 1 atom stereocenters. The summed E-state index contributed by atoms with van der Waals surface area (Å²) >= 11 is 0. The van der Waals surface area contributed by atoms with E-state index < -0.39 is 11.6 Å². The van der Waals surface area contributed by atoms with Crippen molar-refractivity contribution in [2.24, 2.45) is 0 Å². The zero-order chi connectivity index (χ0) is 21.2. The molecule has 154 valence electrons. The van der Waals surface area contributed by atoms with Crippen LogP contribution in [0.4, 0.5) is 0 Å². The van der Waals surface area contributed by atoms with Crippen LogP contribution in [0.25, 0.3) is 22.3 Å². The van der Waals surface area contributed by atoms with Crippen LogP contribution in [-0.2, 0) is 34.7 Å². The number of nitrogens with zero attached hydrogens (tertiary/aromatic N) is 2. The number of cyclic esters (lactones) is 1. The van der Waals surface area contributed by atoms with Gasteiger partial charge in [0.05, 0.1) is 29.0 Å². The average Bonchev–Trinajstić information content (AvgIpc) is 3.10. The SMILES string of the molecule is CCCc1ccc(C)c2cc3c(nc12)-c1cc2c(c(=O)n1C3)COC(=O)[C@]2(O)CC. The zero-order valence-electron chi connectivity index (χ0n) is 17.4. The van der Waals surface area contributed by atoms with Gasteiger partial charge >= 0.3 is 5.97 Å². The van der Waals surface area contributed by atoms with E-state index in [1.165, 1.54) is 5.56 Å². The van der Waals surface area contributed by atoms with Gasteiger partial charge in [-0.15, -0.1) is 0 Å². The van der Waals surface area contributed by atoms with Gasteiger partial charge in [0.2, 0.25) is 0 Å². The number of rotatable bonds is 3. The van der Waals surface area contributed by atoms with E-state index in [4.69, 9.17) is 9.72 Å². The Kier molecular flexibility index (Phi) is 4.12. The van der Waals surface area contributed by atoms with Gasteiger partial charge in [-0.2, -0.15) is 0 Å². The minimum atomic E-state index is -1.80. The predicted octanol–water partition coefficient (Wildman–Crippen LogP) is 3.34. The predicted molar refractivity (Wildman–Crippen MR) is 113 cm³/mol. The van der Waals surface area contributed by atoms with Gasteiger partial charge < -0.3 is 14.4 Å². The fraction of sp³-hybridized carbons (Fsp3) is 0.375. The van der Waals surface area contributed by atoms with E-state index in [0.29, 0.717) is 23.4 Å². The first kappa shape index (κ1) is 19.0. The summed E-state index contributed by atoms with van der Waals surface area (Å²) in [4.78, 5) is 30.5. The molecule has 2 aromatic heterocycles. The van der Waals surface area contributed by atoms with Crippen LogP contribution in [0.3, 0.4) is 0 Å². The fourth-order valence-electron chi connectivity index (χ4n) is 4.73. The number of aryl methyl sites for hydroxylation is 2. The Labute approximate surface area is 174 Å². The molecule has 0 radical (unpaired) electrons. The number of benzene rings is 1. The van der Waals surface area contributed by atoms with Gasteiger partial charge in [-0.3, -0.25) is 4.79 Å². The average molecular weight is 404 g/mol. The second-order valence-corrected chi connectivity index (χ2v) is 8.29. The molecule has 0 unspecified atom stereocenters. The van der Waals surface area contributed by atoms with Crippen LogP contribution in [0, 0.1) is 6.92 Å². The maximum Gasteiger partial charge on any atom is 0.343 e. The lowest BCUT2D eigenvalue weighted by molar-refractivity contribution is -0.172. The van der Waals surface area contributed by atoms with E-state index in [0.717, 1.165) is 40.6 Å². The van der Waals surface area contributed by atoms with Crippen LogP contribution in [0.1, 0.15) is 54.5 Å². The molecule has 0 fully saturated rings. The smallest absolute Gasteiger partial charge is 0.343 e. The van der Waals surface area contributed by atoms with Crippen LogP contribution in [0.15, 0.2) is 29.1 Å². The molecule has 5 rings (SSSR count). The minimum absolute atomic E-state index is 0.110. The molecule has 1 N–H and O–H groups in total. The van der Waals surface area contributed by atoms with Crippen LogP contribution in [0.2, 0.25) is 0 Å². The van der Waals surface area contributed by atoms with Crippen molar-refractivity contribution in [1.82, 2.24) is 9.55 Å². The molecule has 6 heteroatoms. The van der Waals surface area contributed by atoms with Crippen molar-refractivity contribution in [3.8, 4) is 11.4 Å². The standard InChI is InChI=1S/C24H24N2O4/c1-4-6-14-8-7-13(3)16-9-15-11-26-19(21(15)25-20(14)16)10-18-17(22(26)27)12-30-23(28)24(18,29)5-2/h7-10,29H,4-6,11-12H2,1-3H3/t24-/m0/s1. The third-order valence-electron chi connectivity index (χ3n) is 6.50. The molecule has 4 heterocycles. The third-order valence-corrected chi connectivity index (χ3v) is 6.50. The highest BCUT2D eigenvalue weighted by molar-refractivity contribution is 5.89. The Morgan fingerprint density at radius 3 is 2.77 bits per heavy atom. The van der Waals surface area contributed by atoms with E-state index in [9.17, 15) is 14.7 Å². The number of carbonyl (C=O) groups is 1. The monoisotopic (exact) mass is 404 g/mol. The summed E-state index contributed by atoms with van der Waals surface area (Å²) in [5.41, 5.74) is 4.36. The molecule has 0 aliphatic carbocycles. The van der Waals surface area contributed by atoms with E-state index in [-0.39, 0.29) is 18.6 Å². The number of hydrogen-bond donors (Lipinski definition) is 1. The van der Waals surface area contributed by atoms with Gasteiger partial charge in [0.15, 0.2) is 5.60 Å². The normalized spacial score (nSPS) is 19.4. The minimum Gasteiger partial charge on any atom is -0.458 e. The lowest BCUT2D eigenvalue weighted by Crippen LogP contribution is -2.44. The molecule has 0 amide bonds. The highest BCUT2D eigenvalue weighted by atomic mass is 16.6. The van der Waals surface area contributed by atoms with Crippen molar-refractivity contribution in [3.05, 3.63) is 62.4 Å². The molecule has 1 aromatic carbocycles. The second-order valence-electron chi connectivity index (χ2n) is 8.29. The van der Waals surface area contributed by atoms with Crippen LogP contribution < -0.4 is 5.56 Å². The summed E-state index contributed by atoms with van der Waals surface area (Å²) in [6.07, 6.45) is 2.09. The Bertz CT molecular complexity index is 1290. The lowest BCUT2D eigenvalue weighted by Gasteiger charge is -2.31. The molecule has 0 saturated carbocycles. The van der Waals surface area contributed by atoms with Gasteiger partial charge in [0.1, 0.15) is 6.61 Å². The number of aliphatic hydroxyl groups is 1. The number of ether oxygens (including phenoxy) is 1. The fourth-order valence-corrected chi connectivity index (χ4v) is 4.73. The van der Waals surface area contributed by atoms with Crippen molar-refractivity contribution in [1.29, 1.82) is 0 Å². The Morgan fingerprint density at radius 2 is 2.03 bits per heavy atom. The van der Waals surface area contributed by atoms with Crippen LogP contribution in [0.5, 0.6) is 0 Å². The number of esters is 1. The number of fused-ring (bicyclic) bond motifs is 5. The molecular weight excluding hydrogens is 380 g/mol. The summed E-state index contributed by atoms with van der Waals surface area (Å²) in [5.74, 6) is -0.701. The molecule has 0 bridgehead atoms. The quantitative estimate of drug-likeness (QED) is 0.530. The molecule has 0 spiro atoms. The largest absolute Gasteiger partial charge is 0.458 e. The first-order valence-electron chi connectivity index (χ1n) is 10.5. The summed E-state index contributed by atoms with van der Waals surface area (Å²) in [6, 6.07) is 8.14. The van der Waals surface area contributed by atoms with Gasteiger partial charge in [-0.25, -0.2) is 9.78 Å². The maximum atomic E-state index is 13.2. The van der Waals surface area contributed by atoms with E-state index in [2.05, 4.69) is 32.0 Å². The number of hydrogen-bond acceptors (Lipinski definition) is 5. The number of aromatic nitrogens is 2. The molecular formula is C24H24N2O4. The summed E-state index contributed by atoms with van der Waals surface area (Å²) < 4.78 is 6.81. The Balaban J connectivity index is 1.80. The molecule has 2 aliphatic heterocycles. The van der Waals surface area contributed by atoms with Gasteiger partial charge in [-0.1, -0.05) is 32.4 Å². The van der Waals surface area contributed by atoms with E-state index >= 15 is 0 Å². The van der Waals surface area contributed by atoms with Crippen LogP contribution >= 0.6 is 0 Å². The summed E-state index contributed by atoms with van der Waals surface area (Å²) in [5, 5.41) is 12.1. The number of pyridine rings is 2. The topological polar surface area (TPSA) is 81.4 Å². The van der Waals surface area contributed by atoms with Gasteiger partial charge in [0, 0.05) is 16.5 Å². The Morgan fingerprint density at radius 1 is 1.23 bits per heavy atom. The van der Waals surface area contributed by atoms with E-state index in [1.807, 2.05) is 0 Å². The van der Waals surface area contributed by atoms with Crippen molar-refractivity contribution in [2.75, 3.05) is 0 Å². The van der Waals surface area contributed by atoms with Crippen LogP contribution in [-0.4, -0.2) is 20.6 Å². The summed E-state index contributed by atoms with van der Waals surface area (Å²) in [7, 11) is 0. The lowest BCUT2D eigenvalue weighted by atomic mass is 9.86. The van der Waals surface area contributed by atoms with Crippen molar-refractivity contribution >= 4 is 16.9 Å². The van der Waals surface area contributed by atoms with Gasteiger partial charge in [0.25, 0.3) is 5.56 Å². The van der Waals surface area contributed by atoms with Crippen molar-refractivity contribution in [3.63, 3.8) is 0 Å². The summed E-state index contributed by atoms with van der Waals surface area (Å²) in [6.45, 7) is 6.24. The maximum absolute atomic E-state index is 13.2. The van der Waals surface area contributed by atoms with Crippen molar-refractivity contribution < 1.29 is 14.6 Å². The van der Waals surface area contributed by atoms with E-state index in [1.54, 1.807) is 17.6 Å². The molecule has 3 aromatic rings. The first-order valence-corrected chi connectivity index (χ1v) is 10.5.